The van der Waals surface area contributed by atoms with E-state index in [-0.39, 0.29) is 22.7 Å². The fourth-order valence-corrected chi connectivity index (χ4v) is 3.95. The highest BCUT2D eigenvalue weighted by Crippen LogP contribution is 2.69. The Kier molecular flexibility index (Phi) is 4.19. The Morgan fingerprint density at radius 3 is 2.35 bits per heavy atom. The first-order valence-corrected chi connectivity index (χ1v) is 7.77. The van der Waals surface area contributed by atoms with Crippen molar-refractivity contribution in [2.24, 2.45) is 16.7 Å². The summed E-state index contributed by atoms with van der Waals surface area (Å²) in [6.07, 6.45) is 0.692. The van der Waals surface area contributed by atoms with Crippen LogP contribution in [0.15, 0.2) is 18.2 Å². The maximum atomic E-state index is 14.0. The molecule has 1 atom stereocenters. The van der Waals surface area contributed by atoms with Crippen molar-refractivity contribution >= 4 is 11.6 Å². The maximum Gasteiger partial charge on any atom is 0.126 e. The van der Waals surface area contributed by atoms with Crippen LogP contribution in [0.1, 0.15) is 40.2 Å². The molecule has 1 nitrogen and oxygen atoms in total. The van der Waals surface area contributed by atoms with Gasteiger partial charge in [0.2, 0.25) is 0 Å². The van der Waals surface area contributed by atoms with Gasteiger partial charge in [0.1, 0.15) is 5.82 Å². The summed E-state index contributed by atoms with van der Waals surface area (Å²) < 4.78 is 14.0. The smallest absolute Gasteiger partial charge is 0.126 e. The molecular weight excluding hydrogens is 273 g/mol. The Morgan fingerprint density at radius 1 is 1.25 bits per heavy atom. The Labute approximate surface area is 126 Å². The number of hydrogen-bond donors (Lipinski definition) is 1. The minimum Gasteiger partial charge on any atom is -0.314 e. The van der Waals surface area contributed by atoms with Crippen molar-refractivity contribution < 1.29 is 4.39 Å². The molecule has 2 rings (SSSR count). The third-order valence-corrected chi connectivity index (χ3v) is 5.68. The lowest BCUT2D eigenvalue weighted by Crippen LogP contribution is -2.35. The van der Waals surface area contributed by atoms with E-state index in [0.717, 1.165) is 6.54 Å². The standard InChI is InChI=1S/C17H25ClFN/c1-6-20-14(15-16(2,3)17(15,4)5)10-11-9-12(18)7-8-13(11)19/h7-9,14-15,20H,6,10H2,1-5H3. The van der Waals surface area contributed by atoms with Gasteiger partial charge in [-0.1, -0.05) is 46.2 Å². The van der Waals surface area contributed by atoms with Crippen LogP contribution in [0.2, 0.25) is 5.02 Å². The highest BCUT2D eigenvalue weighted by Gasteiger charge is 2.66. The van der Waals surface area contributed by atoms with Gasteiger partial charge in [-0.3, -0.25) is 0 Å². The summed E-state index contributed by atoms with van der Waals surface area (Å²) in [6.45, 7) is 12.2. The highest BCUT2D eigenvalue weighted by atomic mass is 35.5. The van der Waals surface area contributed by atoms with Crippen molar-refractivity contribution in [3.63, 3.8) is 0 Å². The van der Waals surface area contributed by atoms with E-state index in [1.165, 1.54) is 6.07 Å². The molecular formula is C17H25ClFN. The summed E-state index contributed by atoms with van der Waals surface area (Å²) in [5.41, 5.74) is 1.28. The molecule has 3 heteroatoms. The van der Waals surface area contributed by atoms with Crippen molar-refractivity contribution in [2.75, 3.05) is 6.54 Å². The molecule has 0 aliphatic heterocycles. The topological polar surface area (TPSA) is 12.0 Å². The third kappa shape index (κ3) is 2.60. The molecule has 0 spiro atoms. The van der Waals surface area contributed by atoms with Crippen molar-refractivity contribution in [3.8, 4) is 0 Å². The molecule has 1 aliphatic carbocycles. The van der Waals surface area contributed by atoms with Crippen LogP contribution in [0.25, 0.3) is 0 Å². The normalized spacial score (nSPS) is 21.8. The molecule has 1 unspecified atom stereocenters. The van der Waals surface area contributed by atoms with E-state index < -0.39 is 0 Å². The largest absolute Gasteiger partial charge is 0.314 e. The van der Waals surface area contributed by atoms with Gasteiger partial charge in [0, 0.05) is 11.1 Å². The predicted molar refractivity (Wildman–Crippen MR) is 83.6 cm³/mol. The molecule has 0 aromatic heterocycles. The average molecular weight is 298 g/mol. The molecule has 1 saturated carbocycles. The molecule has 1 N–H and O–H groups in total. The summed E-state index contributed by atoms with van der Waals surface area (Å²) in [5, 5.41) is 4.14. The molecule has 0 amide bonds. The molecule has 0 saturated heterocycles. The van der Waals surface area contributed by atoms with Crippen LogP contribution < -0.4 is 5.32 Å². The van der Waals surface area contributed by atoms with Crippen molar-refractivity contribution in [1.29, 1.82) is 0 Å². The van der Waals surface area contributed by atoms with Crippen molar-refractivity contribution in [3.05, 3.63) is 34.6 Å². The van der Waals surface area contributed by atoms with Gasteiger partial charge in [-0.15, -0.1) is 0 Å². The van der Waals surface area contributed by atoms with Gasteiger partial charge in [-0.2, -0.15) is 0 Å². The molecule has 1 aromatic carbocycles. The van der Waals surface area contributed by atoms with Crippen molar-refractivity contribution in [2.45, 2.75) is 47.1 Å². The second kappa shape index (κ2) is 5.31. The average Bonchev–Trinajstić information content (AvgIpc) is 2.74. The van der Waals surface area contributed by atoms with Gasteiger partial charge in [0.25, 0.3) is 0 Å². The third-order valence-electron chi connectivity index (χ3n) is 5.45. The zero-order valence-corrected chi connectivity index (χ0v) is 13.8. The Morgan fingerprint density at radius 2 is 1.85 bits per heavy atom. The van der Waals surface area contributed by atoms with Gasteiger partial charge >= 0.3 is 0 Å². The van der Waals surface area contributed by atoms with Crippen molar-refractivity contribution in [1.82, 2.24) is 5.32 Å². The van der Waals surface area contributed by atoms with E-state index in [1.54, 1.807) is 12.1 Å². The number of benzene rings is 1. The van der Waals surface area contributed by atoms with Gasteiger partial charge < -0.3 is 5.32 Å². The minimum absolute atomic E-state index is 0.159. The Hall–Kier alpha value is -0.600. The maximum absolute atomic E-state index is 14.0. The number of rotatable bonds is 5. The summed E-state index contributed by atoms with van der Waals surface area (Å²) in [5.74, 6) is 0.391. The van der Waals surface area contributed by atoms with Gasteiger partial charge in [0.15, 0.2) is 0 Å². The van der Waals surface area contributed by atoms with E-state index in [9.17, 15) is 4.39 Å². The van der Waals surface area contributed by atoms with Gasteiger partial charge in [-0.05, 0) is 53.5 Å². The fourth-order valence-electron chi connectivity index (χ4n) is 3.76. The van der Waals surface area contributed by atoms with Crippen LogP contribution >= 0.6 is 11.6 Å². The van der Waals surface area contributed by atoms with E-state index >= 15 is 0 Å². The van der Waals surface area contributed by atoms with Crippen LogP contribution in [0.5, 0.6) is 0 Å². The van der Waals surface area contributed by atoms with Crippen LogP contribution in [0.4, 0.5) is 4.39 Å². The van der Waals surface area contributed by atoms with Crippen LogP contribution in [-0.4, -0.2) is 12.6 Å². The monoisotopic (exact) mass is 297 g/mol. The zero-order valence-electron chi connectivity index (χ0n) is 13.1. The van der Waals surface area contributed by atoms with Crippen LogP contribution in [0.3, 0.4) is 0 Å². The van der Waals surface area contributed by atoms with E-state index in [1.807, 2.05) is 0 Å². The quantitative estimate of drug-likeness (QED) is 0.832. The first-order chi connectivity index (χ1) is 9.21. The highest BCUT2D eigenvalue weighted by molar-refractivity contribution is 6.30. The molecule has 20 heavy (non-hydrogen) atoms. The minimum atomic E-state index is -0.159. The summed E-state index contributed by atoms with van der Waals surface area (Å²) in [4.78, 5) is 0. The molecule has 0 bridgehead atoms. The number of nitrogens with one attached hydrogen (secondary N) is 1. The van der Waals surface area contributed by atoms with Crippen LogP contribution in [-0.2, 0) is 6.42 Å². The Bertz CT molecular complexity index is 482. The molecule has 1 aromatic rings. The molecule has 112 valence electrons. The fraction of sp³-hybridized carbons (Fsp3) is 0.647. The summed E-state index contributed by atoms with van der Waals surface area (Å²) >= 11 is 6.00. The Balaban J connectivity index is 2.21. The molecule has 0 radical (unpaired) electrons. The van der Waals surface area contributed by atoms with E-state index in [4.69, 9.17) is 11.6 Å². The predicted octanol–water partition coefficient (Wildman–Crippen LogP) is 4.68. The second-order valence-electron chi connectivity index (χ2n) is 7.03. The first-order valence-electron chi connectivity index (χ1n) is 7.39. The van der Waals surface area contributed by atoms with Crippen LogP contribution in [0, 0.1) is 22.6 Å². The SMILES string of the molecule is CCNC(Cc1cc(Cl)ccc1F)C1C(C)(C)C1(C)C. The first kappa shape index (κ1) is 15.8. The van der Waals surface area contributed by atoms with E-state index in [2.05, 4.69) is 39.9 Å². The second-order valence-corrected chi connectivity index (χ2v) is 7.46. The summed E-state index contributed by atoms with van der Waals surface area (Å²) in [6, 6.07) is 5.11. The lowest BCUT2D eigenvalue weighted by atomic mass is 9.96. The number of halogens is 2. The zero-order chi connectivity index (χ0) is 15.1. The molecule has 0 heterocycles. The molecule has 1 aliphatic rings. The lowest BCUT2D eigenvalue weighted by molar-refractivity contribution is 0.398. The summed E-state index contributed by atoms with van der Waals surface area (Å²) in [7, 11) is 0. The van der Waals surface area contributed by atoms with Gasteiger partial charge in [-0.25, -0.2) is 4.39 Å². The molecule has 1 fully saturated rings. The van der Waals surface area contributed by atoms with Gasteiger partial charge in [0.05, 0.1) is 0 Å². The number of hydrogen-bond acceptors (Lipinski definition) is 1. The van der Waals surface area contributed by atoms with E-state index in [0.29, 0.717) is 22.9 Å². The lowest BCUT2D eigenvalue weighted by Gasteiger charge is -2.21. The number of likely N-dealkylation sites (N-methyl/N-ethyl adjacent to an activating group) is 1.